The van der Waals surface area contributed by atoms with Crippen molar-refractivity contribution in [3.05, 3.63) is 97.1 Å². The second kappa shape index (κ2) is 7.54. The van der Waals surface area contributed by atoms with Crippen LogP contribution < -0.4 is 10.9 Å². The Hall–Kier alpha value is -3.41. The monoisotopic (exact) mass is 400 g/mol. The van der Waals surface area contributed by atoms with E-state index in [9.17, 15) is 8.42 Å². The lowest BCUT2D eigenvalue weighted by Crippen LogP contribution is -2.15. The van der Waals surface area contributed by atoms with Crippen LogP contribution in [-0.4, -0.2) is 8.42 Å². The molecule has 0 aliphatic heterocycles. The molecule has 0 bridgehead atoms. The molecule has 0 aliphatic rings. The minimum absolute atomic E-state index is 0.0515. The number of benzene rings is 4. The van der Waals surface area contributed by atoms with E-state index in [0.29, 0.717) is 22.4 Å². The van der Waals surface area contributed by atoms with E-state index in [1.165, 1.54) is 0 Å². The van der Waals surface area contributed by atoms with Gasteiger partial charge in [-0.1, -0.05) is 91.0 Å². The number of nitrogens with two attached hydrogens (primary N) is 2. The molecule has 0 saturated heterocycles. The van der Waals surface area contributed by atoms with Gasteiger partial charge < -0.3 is 5.73 Å². The maximum atomic E-state index is 12.6. The van der Waals surface area contributed by atoms with Gasteiger partial charge in [0.15, 0.2) is 0 Å². The van der Waals surface area contributed by atoms with Crippen molar-refractivity contribution in [1.82, 2.24) is 0 Å². The SMILES string of the molecule is Nc1c(-c2ccccc2)cc(S(N)(=O)=O)c(-c2ccccc2)c1-c1ccccc1. The minimum Gasteiger partial charge on any atom is -0.398 e. The molecule has 4 N–H and O–H groups in total. The molecule has 0 aromatic heterocycles. The summed E-state index contributed by atoms with van der Waals surface area (Å²) in [5, 5.41) is 5.67. The van der Waals surface area contributed by atoms with E-state index in [1.54, 1.807) is 6.07 Å². The van der Waals surface area contributed by atoms with Crippen LogP contribution >= 0.6 is 0 Å². The second-order valence-electron chi connectivity index (χ2n) is 6.73. The van der Waals surface area contributed by atoms with Crippen LogP contribution in [-0.2, 0) is 10.0 Å². The third-order valence-electron chi connectivity index (χ3n) is 4.85. The van der Waals surface area contributed by atoms with Gasteiger partial charge in [0, 0.05) is 22.4 Å². The third kappa shape index (κ3) is 3.66. The fraction of sp³-hybridized carbons (Fsp3) is 0. The average Bonchev–Trinajstić information content (AvgIpc) is 2.74. The molecule has 4 nitrogen and oxygen atoms in total. The van der Waals surface area contributed by atoms with Crippen LogP contribution in [0.2, 0.25) is 0 Å². The highest BCUT2D eigenvalue weighted by Crippen LogP contribution is 2.45. The molecule has 0 aliphatic carbocycles. The van der Waals surface area contributed by atoms with Crippen molar-refractivity contribution in [3.8, 4) is 33.4 Å². The molecule has 29 heavy (non-hydrogen) atoms. The molecule has 0 atom stereocenters. The topological polar surface area (TPSA) is 86.2 Å². The fourth-order valence-corrected chi connectivity index (χ4v) is 4.34. The predicted octanol–water partition coefficient (Wildman–Crippen LogP) is 4.92. The molecule has 0 fully saturated rings. The summed E-state index contributed by atoms with van der Waals surface area (Å²) in [5.41, 5.74) is 11.4. The first-order chi connectivity index (χ1) is 14.0. The van der Waals surface area contributed by atoms with Crippen LogP contribution in [0.3, 0.4) is 0 Å². The molecule has 5 heteroatoms. The zero-order chi connectivity index (χ0) is 20.4. The van der Waals surface area contributed by atoms with E-state index in [0.717, 1.165) is 16.7 Å². The fourth-order valence-electron chi connectivity index (χ4n) is 3.55. The van der Waals surface area contributed by atoms with Gasteiger partial charge in [-0.05, 0) is 22.8 Å². The first-order valence-electron chi connectivity index (χ1n) is 9.12. The molecule has 0 radical (unpaired) electrons. The molecule has 0 unspecified atom stereocenters. The predicted molar refractivity (Wildman–Crippen MR) is 119 cm³/mol. The Balaban J connectivity index is 2.19. The Kier molecular flexibility index (Phi) is 4.92. The van der Waals surface area contributed by atoms with Gasteiger partial charge in [0.25, 0.3) is 0 Å². The summed E-state index contributed by atoms with van der Waals surface area (Å²) < 4.78 is 25.3. The summed E-state index contributed by atoms with van der Waals surface area (Å²) in [5.74, 6) is 0. The molecule has 144 valence electrons. The van der Waals surface area contributed by atoms with Gasteiger partial charge in [-0.25, -0.2) is 13.6 Å². The van der Waals surface area contributed by atoms with Crippen molar-refractivity contribution in [1.29, 1.82) is 0 Å². The van der Waals surface area contributed by atoms with E-state index in [2.05, 4.69) is 0 Å². The lowest BCUT2D eigenvalue weighted by Gasteiger charge is -2.20. The van der Waals surface area contributed by atoms with Crippen LogP contribution in [0.1, 0.15) is 0 Å². The van der Waals surface area contributed by atoms with Crippen LogP contribution in [0, 0.1) is 0 Å². The molecule has 0 spiro atoms. The Morgan fingerprint density at radius 3 is 1.45 bits per heavy atom. The van der Waals surface area contributed by atoms with Crippen molar-refractivity contribution in [2.75, 3.05) is 5.73 Å². The number of nitrogen functional groups attached to an aromatic ring is 1. The summed E-state index contributed by atoms with van der Waals surface area (Å²) in [6.45, 7) is 0. The Bertz CT molecular complexity index is 1250. The van der Waals surface area contributed by atoms with Crippen molar-refractivity contribution in [3.63, 3.8) is 0 Å². The van der Waals surface area contributed by atoms with Crippen molar-refractivity contribution in [2.45, 2.75) is 4.90 Å². The molecule has 4 aromatic rings. The van der Waals surface area contributed by atoms with Gasteiger partial charge >= 0.3 is 0 Å². The van der Waals surface area contributed by atoms with E-state index in [4.69, 9.17) is 10.9 Å². The van der Waals surface area contributed by atoms with Gasteiger partial charge in [0.2, 0.25) is 10.0 Å². The first-order valence-corrected chi connectivity index (χ1v) is 10.7. The molecule has 0 heterocycles. The Labute approximate surface area is 170 Å². The maximum Gasteiger partial charge on any atom is 0.238 e. The average molecular weight is 401 g/mol. The van der Waals surface area contributed by atoms with Crippen molar-refractivity contribution >= 4 is 15.7 Å². The van der Waals surface area contributed by atoms with E-state index in [1.807, 2.05) is 91.0 Å². The highest BCUT2D eigenvalue weighted by Gasteiger charge is 2.25. The standard InChI is InChI=1S/C24H20N2O2S/c25-24-20(17-10-4-1-5-11-17)16-21(29(26,27)28)22(18-12-6-2-7-13-18)23(24)19-14-8-3-9-15-19/h1-16H,25H2,(H2,26,27,28). The molecular formula is C24H20N2O2S. The first kappa shape index (κ1) is 18.9. The maximum absolute atomic E-state index is 12.6. The number of sulfonamides is 1. The highest BCUT2D eigenvalue weighted by atomic mass is 32.2. The van der Waals surface area contributed by atoms with E-state index in [-0.39, 0.29) is 4.90 Å². The molecule has 0 amide bonds. The zero-order valence-electron chi connectivity index (χ0n) is 15.6. The van der Waals surface area contributed by atoms with E-state index >= 15 is 0 Å². The molecule has 0 saturated carbocycles. The normalized spacial score (nSPS) is 11.3. The quantitative estimate of drug-likeness (QED) is 0.477. The molecule has 4 aromatic carbocycles. The van der Waals surface area contributed by atoms with Crippen LogP contribution in [0.4, 0.5) is 5.69 Å². The van der Waals surface area contributed by atoms with Crippen LogP contribution in [0.15, 0.2) is 102 Å². The summed E-state index contributed by atoms with van der Waals surface area (Å²) in [6, 6.07) is 29.9. The Morgan fingerprint density at radius 1 is 0.586 bits per heavy atom. The smallest absolute Gasteiger partial charge is 0.238 e. The number of hydrogen-bond acceptors (Lipinski definition) is 3. The van der Waals surface area contributed by atoms with Gasteiger partial charge in [-0.3, -0.25) is 0 Å². The third-order valence-corrected chi connectivity index (χ3v) is 5.78. The number of anilines is 1. The van der Waals surface area contributed by atoms with Crippen LogP contribution in [0.5, 0.6) is 0 Å². The molecule has 4 rings (SSSR count). The summed E-state index contributed by atoms with van der Waals surface area (Å²) in [6.07, 6.45) is 0. The number of primary sulfonamides is 1. The largest absolute Gasteiger partial charge is 0.398 e. The van der Waals surface area contributed by atoms with Gasteiger partial charge in [-0.15, -0.1) is 0 Å². The highest BCUT2D eigenvalue weighted by molar-refractivity contribution is 7.89. The van der Waals surface area contributed by atoms with Crippen LogP contribution in [0.25, 0.3) is 33.4 Å². The minimum atomic E-state index is -4.01. The number of hydrogen-bond donors (Lipinski definition) is 2. The van der Waals surface area contributed by atoms with Gasteiger partial charge in [0.1, 0.15) is 0 Å². The summed E-state index contributed by atoms with van der Waals surface area (Å²) in [7, 11) is -4.01. The van der Waals surface area contributed by atoms with Gasteiger partial charge in [-0.2, -0.15) is 0 Å². The van der Waals surface area contributed by atoms with E-state index < -0.39 is 10.0 Å². The summed E-state index contributed by atoms with van der Waals surface area (Å²) >= 11 is 0. The Morgan fingerprint density at radius 2 is 1.00 bits per heavy atom. The second-order valence-corrected chi connectivity index (χ2v) is 8.26. The lowest BCUT2D eigenvalue weighted by molar-refractivity contribution is 0.598. The van der Waals surface area contributed by atoms with Crippen molar-refractivity contribution < 1.29 is 8.42 Å². The molecular weight excluding hydrogens is 380 g/mol. The lowest BCUT2D eigenvalue weighted by atomic mass is 9.89. The number of rotatable bonds is 4. The zero-order valence-corrected chi connectivity index (χ0v) is 16.4. The van der Waals surface area contributed by atoms with Gasteiger partial charge in [0.05, 0.1) is 4.90 Å². The summed E-state index contributed by atoms with van der Waals surface area (Å²) in [4.78, 5) is 0.0515. The van der Waals surface area contributed by atoms with Crippen molar-refractivity contribution in [2.24, 2.45) is 5.14 Å².